The molecule has 126 valence electrons. The first-order valence-corrected chi connectivity index (χ1v) is 8.76. The molecule has 0 saturated heterocycles. The number of halogens is 1. The van der Waals surface area contributed by atoms with E-state index in [1.165, 1.54) is 25.3 Å². The summed E-state index contributed by atoms with van der Waals surface area (Å²) in [6, 6.07) is 3.77. The summed E-state index contributed by atoms with van der Waals surface area (Å²) in [5.41, 5.74) is 2.47. The van der Waals surface area contributed by atoms with Crippen molar-refractivity contribution in [2.24, 2.45) is 11.3 Å². The highest BCUT2D eigenvalue weighted by Crippen LogP contribution is 2.46. The molecule has 23 heavy (non-hydrogen) atoms. The zero-order valence-corrected chi connectivity index (χ0v) is 16.0. The van der Waals surface area contributed by atoms with E-state index in [4.69, 9.17) is 9.47 Å². The second-order valence-corrected chi connectivity index (χ2v) is 7.80. The molecule has 1 aliphatic rings. The molecule has 4 heteroatoms. The Labute approximate surface area is 147 Å². The predicted octanol–water partition coefficient (Wildman–Crippen LogP) is 5.31. The highest BCUT2D eigenvalue weighted by atomic mass is 79.9. The Balaban J connectivity index is 2.40. The quantitative estimate of drug-likeness (QED) is 0.403. The summed E-state index contributed by atoms with van der Waals surface area (Å²) in [6.45, 7) is 10.3. The summed E-state index contributed by atoms with van der Waals surface area (Å²) in [4.78, 5) is 11.4. The van der Waals surface area contributed by atoms with Gasteiger partial charge in [-0.1, -0.05) is 26.0 Å². The number of hydrogen-bond donors (Lipinski definition) is 0. The van der Waals surface area contributed by atoms with Gasteiger partial charge in [0.2, 0.25) is 0 Å². The van der Waals surface area contributed by atoms with E-state index in [0.29, 0.717) is 11.7 Å². The number of allylic oxidation sites excluding steroid dienone is 1. The Morgan fingerprint density at radius 3 is 2.65 bits per heavy atom. The van der Waals surface area contributed by atoms with Crippen molar-refractivity contribution in [3.8, 4) is 11.5 Å². The lowest BCUT2D eigenvalue weighted by Crippen LogP contribution is -2.31. The molecule has 1 fully saturated rings. The lowest BCUT2D eigenvalue weighted by Gasteiger charge is -2.40. The molecule has 0 N–H and O–H groups in total. The van der Waals surface area contributed by atoms with Crippen LogP contribution in [0, 0.1) is 11.3 Å². The van der Waals surface area contributed by atoms with Crippen molar-refractivity contribution in [2.75, 3.05) is 7.11 Å². The van der Waals surface area contributed by atoms with Crippen molar-refractivity contribution in [3.63, 3.8) is 0 Å². The maximum atomic E-state index is 11.4. The smallest absolute Gasteiger partial charge is 0.308 e. The van der Waals surface area contributed by atoms with Gasteiger partial charge in [0.25, 0.3) is 0 Å². The molecule has 1 aromatic rings. The van der Waals surface area contributed by atoms with E-state index < -0.39 is 0 Å². The average Bonchev–Trinajstić information content (AvgIpc) is 2.44. The molecule has 1 aliphatic carbocycles. The first kappa shape index (κ1) is 18.1. The molecule has 2 rings (SSSR count). The largest absolute Gasteiger partial charge is 0.496 e. The first-order chi connectivity index (χ1) is 10.7. The Morgan fingerprint density at radius 1 is 1.39 bits per heavy atom. The Hall–Kier alpha value is -1.29. The minimum Gasteiger partial charge on any atom is -0.496 e. The van der Waals surface area contributed by atoms with E-state index in [1.807, 2.05) is 12.1 Å². The van der Waals surface area contributed by atoms with Crippen molar-refractivity contribution < 1.29 is 14.3 Å². The standard InChI is InChI=1S/C19H25BrO3/c1-12-7-6-8-19(3,4)15(12)9-14-10-18(22-5)16(20)11-17(14)23-13(2)21/h10-11,15H,1,6-9H2,2-5H3. The van der Waals surface area contributed by atoms with Gasteiger partial charge in [-0.05, 0) is 70.6 Å². The van der Waals surface area contributed by atoms with Gasteiger partial charge in [0, 0.05) is 6.92 Å². The van der Waals surface area contributed by atoms with Crippen molar-refractivity contribution >= 4 is 21.9 Å². The first-order valence-electron chi connectivity index (χ1n) is 7.97. The van der Waals surface area contributed by atoms with Crippen molar-refractivity contribution in [1.82, 2.24) is 0 Å². The van der Waals surface area contributed by atoms with E-state index in [0.717, 1.165) is 28.6 Å². The van der Waals surface area contributed by atoms with Gasteiger partial charge in [-0.25, -0.2) is 0 Å². The second-order valence-electron chi connectivity index (χ2n) is 6.95. The highest BCUT2D eigenvalue weighted by Gasteiger charge is 2.35. The molecule has 0 bridgehead atoms. The van der Waals surface area contributed by atoms with E-state index in [9.17, 15) is 4.79 Å². The minimum absolute atomic E-state index is 0.198. The molecule has 0 aromatic heterocycles. The van der Waals surface area contributed by atoms with Crippen LogP contribution in [-0.4, -0.2) is 13.1 Å². The Kier molecular flexibility index (Phi) is 5.56. The topological polar surface area (TPSA) is 35.5 Å². The van der Waals surface area contributed by atoms with Crippen LogP contribution in [0.25, 0.3) is 0 Å². The zero-order valence-electron chi connectivity index (χ0n) is 14.4. The van der Waals surface area contributed by atoms with E-state index >= 15 is 0 Å². The van der Waals surface area contributed by atoms with E-state index in [1.54, 1.807) is 7.11 Å². The third-order valence-corrected chi connectivity index (χ3v) is 5.39. The van der Waals surface area contributed by atoms with Crippen molar-refractivity contribution in [2.45, 2.75) is 46.5 Å². The van der Waals surface area contributed by atoms with Crippen LogP contribution in [-0.2, 0) is 11.2 Å². The van der Waals surface area contributed by atoms with Gasteiger partial charge >= 0.3 is 5.97 Å². The molecule has 1 atom stereocenters. The molecule has 1 saturated carbocycles. The maximum Gasteiger partial charge on any atom is 0.308 e. The van der Waals surface area contributed by atoms with Gasteiger partial charge in [-0.3, -0.25) is 4.79 Å². The molecular formula is C19H25BrO3. The fourth-order valence-electron chi connectivity index (χ4n) is 3.46. The number of methoxy groups -OCH3 is 1. The number of carbonyl (C=O) groups excluding carboxylic acids is 1. The van der Waals surface area contributed by atoms with Crippen LogP contribution in [0.2, 0.25) is 0 Å². The van der Waals surface area contributed by atoms with Crippen LogP contribution in [0.5, 0.6) is 11.5 Å². The van der Waals surface area contributed by atoms with E-state index in [-0.39, 0.29) is 11.4 Å². The number of hydrogen-bond acceptors (Lipinski definition) is 3. The molecule has 3 nitrogen and oxygen atoms in total. The van der Waals surface area contributed by atoms with Crippen LogP contribution < -0.4 is 9.47 Å². The summed E-state index contributed by atoms with van der Waals surface area (Å²) in [5.74, 6) is 1.40. The van der Waals surface area contributed by atoms with Crippen LogP contribution in [0.3, 0.4) is 0 Å². The lowest BCUT2D eigenvalue weighted by atomic mass is 9.65. The van der Waals surface area contributed by atoms with Gasteiger partial charge in [0.1, 0.15) is 11.5 Å². The van der Waals surface area contributed by atoms with Crippen LogP contribution in [0.15, 0.2) is 28.8 Å². The van der Waals surface area contributed by atoms with Crippen molar-refractivity contribution in [3.05, 3.63) is 34.3 Å². The van der Waals surface area contributed by atoms with Crippen molar-refractivity contribution in [1.29, 1.82) is 0 Å². The monoisotopic (exact) mass is 380 g/mol. The number of rotatable bonds is 4. The SMILES string of the molecule is C=C1CCCC(C)(C)C1Cc1cc(OC)c(Br)cc1OC(C)=O. The second kappa shape index (κ2) is 7.08. The predicted molar refractivity (Wildman–Crippen MR) is 96.0 cm³/mol. The maximum absolute atomic E-state index is 11.4. The number of esters is 1. The van der Waals surface area contributed by atoms with Crippen LogP contribution in [0.4, 0.5) is 0 Å². The van der Waals surface area contributed by atoms with Gasteiger partial charge in [0.05, 0.1) is 11.6 Å². The molecular weight excluding hydrogens is 356 g/mol. The Morgan fingerprint density at radius 2 is 2.09 bits per heavy atom. The molecule has 1 unspecified atom stereocenters. The lowest BCUT2D eigenvalue weighted by molar-refractivity contribution is -0.131. The normalized spacial score (nSPS) is 20.2. The Bertz CT molecular complexity index is 619. The third kappa shape index (κ3) is 4.17. The molecule has 0 amide bonds. The van der Waals surface area contributed by atoms with Gasteiger partial charge in [-0.2, -0.15) is 0 Å². The molecule has 0 aliphatic heterocycles. The molecule has 0 spiro atoms. The molecule has 0 heterocycles. The van der Waals surface area contributed by atoms with E-state index in [2.05, 4.69) is 36.4 Å². The summed E-state index contributed by atoms with van der Waals surface area (Å²) < 4.78 is 11.6. The molecule has 0 radical (unpaired) electrons. The minimum atomic E-state index is -0.315. The number of ether oxygens (including phenoxy) is 2. The zero-order chi connectivity index (χ0) is 17.2. The fraction of sp³-hybridized carbons (Fsp3) is 0.526. The van der Waals surface area contributed by atoms with Gasteiger partial charge in [-0.15, -0.1) is 0 Å². The third-order valence-electron chi connectivity index (χ3n) is 4.77. The number of carbonyl (C=O) groups is 1. The summed E-state index contributed by atoms with van der Waals surface area (Å²) in [7, 11) is 1.64. The summed E-state index contributed by atoms with van der Waals surface area (Å²) in [6.07, 6.45) is 4.26. The van der Waals surface area contributed by atoms with Crippen LogP contribution in [0.1, 0.15) is 45.6 Å². The fourth-order valence-corrected chi connectivity index (χ4v) is 3.94. The van der Waals surface area contributed by atoms with Crippen LogP contribution >= 0.6 is 15.9 Å². The summed E-state index contributed by atoms with van der Waals surface area (Å²) in [5, 5.41) is 0. The molecule has 1 aromatic carbocycles. The summed E-state index contributed by atoms with van der Waals surface area (Å²) >= 11 is 3.46. The van der Waals surface area contributed by atoms with Gasteiger partial charge in [0.15, 0.2) is 0 Å². The van der Waals surface area contributed by atoms with Gasteiger partial charge < -0.3 is 9.47 Å². The highest BCUT2D eigenvalue weighted by molar-refractivity contribution is 9.10. The number of benzene rings is 1. The average molecular weight is 381 g/mol.